The molecule has 3 aromatic rings. The molecule has 8 heteroatoms. The highest BCUT2D eigenvalue weighted by Crippen LogP contribution is 2.22. The van der Waals surface area contributed by atoms with Crippen molar-refractivity contribution in [2.45, 2.75) is 38.8 Å². The second-order valence-corrected chi connectivity index (χ2v) is 7.26. The number of benzene rings is 1. The number of nitrogens with zero attached hydrogens (tertiary/aromatic N) is 5. The predicted molar refractivity (Wildman–Crippen MR) is 103 cm³/mol. The predicted octanol–water partition coefficient (Wildman–Crippen LogP) is 2.64. The van der Waals surface area contributed by atoms with E-state index in [1.807, 2.05) is 23.1 Å². The number of carbonyl (C=O) groups is 1. The first kappa shape index (κ1) is 17.7. The van der Waals surface area contributed by atoms with Gasteiger partial charge >= 0.3 is 0 Å². The Morgan fingerprint density at radius 3 is 2.89 bits per heavy atom. The Bertz CT molecular complexity index is 1060. The Morgan fingerprint density at radius 2 is 2.11 bits per heavy atom. The minimum Gasteiger partial charge on any atom is -0.338 e. The summed E-state index contributed by atoms with van der Waals surface area (Å²) >= 11 is 6.23. The van der Waals surface area contributed by atoms with Crippen LogP contribution in [0, 0.1) is 0 Å². The molecule has 1 fully saturated rings. The summed E-state index contributed by atoms with van der Waals surface area (Å²) < 4.78 is 2.89. The van der Waals surface area contributed by atoms with Crippen LogP contribution in [0.4, 0.5) is 0 Å². The molecule has 4 rings (SSSR count). The summed E-state index contributed by atoms with van der Waals surface area (Å²) in [7, 11) is 0. The lowest BCUT2D eigenvalue weighted by Crippen LogP contribution is -2.44. The molecular weight excluding hydrogens is 366 g/mol. The molecule has 1 amide bonds. The van der Waals surface area contributed by atoms with Gasteiger partial charge in [0.05, 0.1) is 16.9 Å². The van der Waals surface area contributed by atoms with E-state index >= 15 is 0 Å². The first-order valence-electron chi connectivity index (χ1n) is 9.04. The molecule has 0 saturated carbocycles. The van der Waals surface area contributed by atoms with Crippen LogP contribution >= 0.6 is 11.6 Å². The van der Waals surface area contributed by atoms with Crippen molar-refractivity contribution in [3.05, 3.63) is 52.2 Å². The highest BCUT2D eigenvalue weighted by atomic mass is 35.5. The number of piperidine rings is 1. The number of amides is 1. The third-order valence-corrected chi connectivity index (χ3v) is 5.38. The van der Waals surface area contributed by atoms with Crippen molar-refractivity contribution in [3.63, 3.8) is 0 Å². The van der Waals surface area contributed by atoms with E-state index in [9.17, 15) is 9.59 Å². The van der Waals surface area contributed by atoms with Gasteiger partial charge in [0.15, 0.2) is 5.65 Å². The fraction of sp³-hybridized carbons (Fsp3) is 0.368. The standard InChI is InChI=1S/C19H20ClN5O2/c1-13-6-4-5-9-24(13)17(26)11-23-12-21-18-14(19(23)27)10-22-25(18)16-8-3-2-7-15(16)20/h2-3,7-8,10,12-13H,4-6,9,11H2,1H3/t13-/m1/s1. The topological polar surface area (TPSA) is 73.0 Å². The number of halogens is 1. The monoisotopic (exact) mass is 385 g/mol. The molecule has 0 aliphatic carbocycles. The number of carbonyl (C=O) groups excluding carboxylic acids is 1. The van der Waals surface area contributed by atoms with Gasteiger partial charge in [0.25, 0.3) is 5.56 Å². The van der Waals surface area contributed by atoms with Crippen LogP contribution in [-0.4, -0.2) is 42.7 Å². The molecule has 2 aromatic heterocycles. The number of aromatic nitrogens is 4. The van der Waals surface area contributed by atoms with Crippen LogP contribution in [0.5, 0.6) is 0 Å². The Kier molecular flexibility index (Phi) is 4.70. The first-order valence-corrected chi connectivity index (χ1v) is 9.41. The van der Waals surface area contributed by atoms with Gasteiger partial charge in [0.2, 0.25) is 5.91 Å². The number of fused-ring (bicyclic) bond motifs is 1. The zero-order valence-corrected chi connectivity index (χ0v) is 15.8. The number of hydrogen-bond donors (Lipinski definition) is 0. The molecule has 140 valence electrons. The van der Waals surface area contributed by atoms with Gasteiger partial charge in [0.1, 0.15) is 18.3 Å². The van der Waals surface area contributed by atoms with E-state index in [2.05, 4.69) is 17.0 Å². The molecule has 0 radical (unpaired) electrons. The Labute approximate surface area is 161 Å². The third kappa shape index (κ3) is 3.23. The number of likely N-dealkylation sites (tertiary alicyclic amines) is 1. The average Bonchev–Trinajstić information content (AvgIpc) is 3.09. The summed E-state index contributed by atoms with van der Waals surface area (Å²) in [6.45, 7) is 2.78. The van der Waals surface area contributed by atoms with Crippen LogP contribution < -0.4 is 5.56 Å². The summed E-state index contributed by atoms with van der Waals surface area (Å²) in [4.78, 5) is 31.7. The summed E-state index contributed by atoms with van der Waals surface area (Å²) in [5.74, 6) is -0.0519. The lowest BCUT2D eigenvalue weighted by atomic mass is 10.0. The molecule has 1 atom stereocenters. The van der Waals surface area contributed by atoms with Crippen molar-refractivity contribution >= 4 is 28.5 Å². The van der Waals surface area contributed by atoms with Crippen LogP contribution in [0.3, 0.4) is 0 Å². The van der Waals surface area contributed by atoms with Gasteiger partial charge in [-0.15, -0.1) is 0 Å². The maximum Gasteiger partial charge on any atom is 0.264 e. The molecule has 7 nitrogen and oxygen atoms in total. The average molecular weight is 386 g/mol. The highest BCUT2D eigenvalue weighted by Gasteiger charge is 2.24. The molecule has 0 N–H and O–H groups in total. The maximum absolute atomic E-state index is 12.8. The van der Waals surface area contributed by atoms with Crippen molar-refractivity contribution in [3.8, 4) is 5.69 Å². The maximum atomic E-state index is 12.8. The largest absolute Gasteiger partial charge is 0.338 e. The lowest BCUT2D eigenvalue weighted by Gasteiger charge is -2.33. The fourth-order valence-electron chi connectivity index (χ4n) is 3.57. The fourth-order valence-corrected chi connectivity index (χ4v) is 3.78. The molecule has 0 unspecified atom stereocenters. The molecular formula is C19H20ClN5O2. The Hall–Kier alpha value is -2.67. The zero-order chi connectivity index (χ0) is 19.0. The van der Waals surface area contributed by atoms with Crippen molar-refractivity contribution in [2.24, 2.45) is 0 Å². The number of hydrogen-bond acceptors (Lipinski definition) is 4. The van der Waals surface area contributed by atoms with Crippen molar-refractivity contribution < 1.29 is 4.79 Å². The van der Waals surface area contributed by atoms with E-state index in [4.69, 9.17) is 11.6 Å². The normalized spacial score (nSPS) is 17.4. The van der Waals surface area contributed by atoms with Crippen LogP contribution in [0.2, 0.25) is 5.02 Å². The Morgan fingerprint density at radius 1 is 1.30 bits per heavy atom. The van der Waals surface area contributed by atoms with Gasteiger partial charge in [0, 0.05) is 12.6 Å². The van der Waals surface area contributed by atoms with Gasteiger partial charge in [-0.2, -0.15) is 5.10 Å². The summed E-state index contributed by atoms with van der Waals surface area (Å²) in [5, 5.41) is 5.15. The van der Waals surface area contributed by atoms with E-state index in [0.29, 0.717) is 21.7 Å². The summed E-state index contributed by atoms with van der Waals surface area (Å²) in [5.41, 5.74) is 0.788. The van der Waals surface area contributed by atoms with E-state index in [-0.39, 0.29) is 24.1 Å². The quantitative estimate of drug-likeness (QED) is 0.694. The van der Waals surface area contributed by atoms with Gasteiger partial charge in [-0.1, -0.05) is 23.7 Å². The molecule has 27 heavy (non-hydrogen) atoms. The summed E-state index contributed by atoms with van der Waals surface area (Å²) in [6.07, 6.45) is 6.03. The SMILES string of the molecule is C[C@@H]1CCCCN1C(=O)Cn1cnc2c(cnn2-c2ccccc2Cl)c1=O. The van der Waals surface area contributed by atoms with Crippen molar-refractivity contribution in [1.29, 1.82) is 0 Å². The molecule has 1 aromatic carbocycles. The molecule has 1 aliphatic rings. The molecule has 0 bridgehead atoms. The van der Waals surface area contributed by atoms with Gasteiger partial charge < -0.3 is 4.90 Å². The van der Waals surface area contributed by atoms with Crippen LogP contribution in [0.1, 0.15) is 26.2 Å². The molecule has 1 saturated heterocycles. The highest BCUT2D eigenvalue weighted by molar-refractivity contribution is 6.32. The minimum absolute atomic E-state index is 0.0105. The number of para-hydroxylation sites is 1. The number of rotatable bonds is 3. The molecule has 1 aliphatic heterocycles. The van der Waals surface area contributed by atoms with Gasteiger partial charge in [-0.25, -0.2) is 9.67 Å². The Balaban J connectivity index is 1.67. The van der Waals surface area contributed by atoms with E-state index in [1.165, 1.54) is 21.8 Å². The van der Waals surface area contributed by atoms with Gasteiger partial charge in [-0.3, -0.25) is 14.2 Å². The van der Waals surface area contributed by atoms with E-state index < -0.39 is 0 Å². The van der Waals surface area contributed by atoms with Crippen LogP contribution in [0.25, 0.3) is 16.7 Å². The second-order valence-electron chi connectivity index (χ2n) is 6.85. The third-order valence-electron chi connectivity index (χ3n) is 5.06. The summed E-state index contributed by atoms with van der Waals surface area (Å²) in [6, 6.07) is 7.44. The van der Waals surface area contributed by atoms with Crippen molar-refractivity contribution in [2.75, 3.05) is 6.54 Å². The first-order chi connectivity index (χ1) is 13.1. The second kappa shape index (κ2) is 7.15. The lowest BCUT2D eigenvalue weighted by molar-refractivity contribution is -0.135. The van der Waals surface area contributed by atoms with Crippen LogP contribution in [-0.2, 0) is 11.3 Å². The molecule has 0 spiro atoms. The molecule has 3 heterocycles. The van der Waals surface area contributed by atoms with Crippen molar-refractivity contribution in [1.82, 2.24) is 24.2 Å². The minimum atomic E-state index is -0.281. The van der Waals surface area contributed by atoms with E-state index in [1.54, 1.807) is 6.07 Å². The smallest absolute Gasteiger partial charge is 0.264 e. The zero-order valence-electron chi connectivity index (χ0n) is 15.0. The van der Waals surface area contributed by atoms with Gasteiger partial charge in [-0.05, 0) is 38.3 Å². The van der Waals surface area contributed by atoms with Crippen LogP contribution in [0.15, 0.2) is 41.6 Å². The van der Waals surface area contributed by atoms with E-state index in [0.717, 1.165) is 25.8 Å².